The molecule has 0 aliphatic heterocycles. The number of hydrogen-bond acceptors (Lipinski definition) is 4. The number of nitrogens with zero attached hydrogens (tertiary/aromatic N) is 2. The molecule has 1 heterocycles. The van der Waals surface area contributed by atoms with Crippen LogP contribution in [-0.2, 0) is 7.05 Å². The van der Waals surface area contributed by atoms with Crippen LogP contribution in [0, 0.1) is 6.92 Å². The molecule has 0 bridgehead atoms. The van der Waals surface area contributed by atoms with Gasteiger partial charge in [0.25, 0.3) is 0 Å². The molecule has 5 heteroatoms. The molecule has 0 unspecified atom stereocenters. The minimum Gasteiger partial charge on any atom is -0.497 e. The first-order valence-corrected chi connectivity index (χ1v) is 6.68. The highest BCUT2D eigenvalue weighted by atomic mass is 16.5. The first-order valence-electron chi connectivity index (χ1n) is 6.68. The Balaban J connectivity index is 2.35. The number of methoxy groups -OCH3 is 1. The van der Waals surface area contributed by atoms with Crippen LogP contribution in [0.5, 0.6) is 5.75 Å². The van der Waals surface area contributed by atoms with Crippen LogP contribution in [0.1, 0.15) is 31.0 Å². The minimum absolute atomic E-state index is 0.300. The van der Waals surface area contributed by atoms with Gasteiger partial charge in [-0.05, 0) is 36.6 Å². The van der Waals surface area contributed by atoms with Crippen LogP contribution in [-0.4, -0.2) is 16.9 Å². The Morgan fingerprint density at radius 1 is 1.35 bits per heavy atom. The lowest BCUT2D eigenvalue weighted by Gasteiger charge is -2.12. The van der Waals surface area contributed by atoms with E-state index in [1.807, 2.05) is 32.2 Å². The molecule has 0 saturated carbocycles. The maximum absolute atomic E-state index is 6.19. The molecule has 0 spiro atoms. The Kier molecular flexibility index (Phi) is 3.88. The lowest BCUT2D eigenvalue weighted by atomic mass is 10.1. The van der Waals surface area contributed by atoms with E-state index in [2.05, 4.69) is 24.3 Å². The van der Waals surface area contributed by atoms with Gasteiger partial charge in [0, 0.05) is 12.7 Å². The Hall–Kier alpha value is -2.17. The van der Waals surface area contributed by atoms with E-state index in [1.165, 1.54) is 0 Å². The number of hydrogen-bond donors (Lipinski definition) is 2. The summed E-state index contributed by atoms with van der Waals surface area (Å²) in [5.74, 6) is 1.96. The highest BCUT2D eigenvalue weighted by molar-refractivity contribution is 5.73. The summed E-state index contributed by atoms with van der Waals surface area (Å²) in [5, 5.41) is 7.83. The maximum Gasteiger partial charge on any atom is 0.152 e. The lowest BCUT2D eigenvalue weighted by molar-refractivity contribution is 0.414. The summed E-state index contributed by atoms with van der Waals surface area (Å²) < 4.78 is 7.00. The Morgan fingerprint density at radius 3 is 2.55 bits per heavy atom. The quantitative estimate of drug-likeness (QED) is 0.898. The fourth-order valence-corrected chi connectivity index (χ4v) is 2.17. The van der Waals surface area contributed by atoms with E-state index in [0.717, 1.165) is 28.5 Å². The lowest BCUT2D eigenvalue weighted by Crippen LogP contribution is -2.02. The van der Waals surface area contributed by atoms with Crippen LogP contribution in [0.4, 0.5) is 17.2 Å². The highest BCUT2D eigenvalue weighted by Gasteiger charge is 2.16. The highest BCUT2D eigenvalue weighted by Crippen LogP contribution is 2.31. The molecular formula is C15H22N4O. The van der Waals surface area contributed by atoms with E-state index in [-0.39, 0.29) is 0 Å². The number of nitrogens with two attached hydrogens (primary N) is 1. The largest absolute Gasteiger partial charge is 0.497 e. The predicted molar refractivity (Wildman–Crippen MR) is 82.7 cm³/mol. The number of aryl methyl sites for hydroxylation is 2. The molecule has 0 atom stereocenters. The number of nitrogen functional groups attached to an aromatic ring is 1. The van der Waals surface area contributed by atoms with Crippen molar-refractivity contribution in [1.82, 2.24) is 9.78 Å². The molecule has 108 valence electrons. The van der Waals surface area contributed by atoms with Gasteiger partial charge in [-0.3, -0.25) is 4.68 Å². The fraction of sp³-hybridized carbons (Fsp3) is 0.400. The monoisotopic (exact) mass is 274 g/mol. The third kappa shape index (κ3) is 2.57. The van der Waals surface area contributed by atoms with Crippen LogP contribution in [0.2, 0.25) is 0 Å². The summed E-state index contributed by atoms with van der Waals surface area (Å²) in [6.45, 7) is 6.20. The van der Waals surface area contributed by atoms with Crippen LogP contribution < -0.4 is 15.8 Å². The molecule has 0 radical (unpaired) electrons. The van der Waals surface area contributed by atoms with Gasteiger partial charge in [-0.1, -0.05) is 13.8 Å². The summed E-state index contributed by atoms with van der Waals surface area (Å²) >= 11 is 0. The molecule has 0 amide bonds. The first-order chi connectivity index (χ1) is 9.43. The third-order valence-electron chi connectivity index (χ3n) is 3.35. The number of rotatable bonds is 4. The molecule has 0 aliphatic rings. The number of ether oxygens (including phenoxy) is 1. The molecule has 5 nitrogen and oxygen atoms in total. The van der Waals surface area contributed by atoms with Gasteiger partial charge in [0.05, 0.1) is 18.5 Å². The van der Waals surface area contributed by atoms with E-state index in [4.69, 9.17) is 10.5 Å². The van der Waals surface area contributed by atoms with Gasteiger partial charge in [-0.15, -0.1) is 0 Å². The summed E-state index contributed by atoms with van der Waals surface area (Å²) in [4.78, 5) is 0. The number of aromatic nitrogens is 2. The zero-order valence-electron chi connectivity index (χ0n) is 12.7. The zero-order chi connectivity index (χ0) is 14.9. The topological polar surface area (TPSA) is 65.1 Å². The Labute approximate surface area is 119 Å². The molecule has 0 fully saturated rings. The zero-order valence-corrected chi connectivity index (χ0v) is 12.7. The summed E-state index contributed by atoms with van der Waals surface area (Å²) in [6.07, 6.45) is 0. The second-order valence-corrected chi connectivity index (χ2v) is 5.23. The second kappa shape index (κ2) is 5.45. The number of benzene rings is 1. The summed E-state index contributed by atoms with van der Waals surface area (Å²) in [5.41, 5.74) is 9.90. The van der Waals surface area contributed by atoms with Crippen LogP contribution >= 0.6 is 0 Å². The minimum atomic E-state index is 0.300. The van der Waals surface area contributed by atoms with E-state index in [9.17, 15) is 0 Å². The second-order valence-electron chi connectivity index (χ2n) is 5.23. The number of nitrogens with one attached hydrogen (secondary N) is 1. The van der Waals surface area contributed by atoms with E-state index >= 15 is 0 Å². The predicted octanol–water partition coefficient (Wildman–Crippen LogP) is 3.19. The van der Waals surface area contributed by atoms with Crippen molar-refractivity contribution in [3.8, 4) is 5.75 Å². The molecule has 2 aromatic rings. The van der Waals surface area contributed by atoms with Crippen molar-refractivity contribution >= 4 is 17.2 Å². The van der Waals surface area contributed by atoms with Crippen LogP contribution in [0.15, 0.2) is 18.2 Å². The van der Waals surface area contributed by atoms with Crippen molar-refractivity contribution in [3.63, 3.8) is 0 Å². The van der Waals surface area contributed by atoms with E-state index in [1.54, 1.807) is 11.8 Å². The maximum atomic E-state index is 6.19. The fourth-order valence-electron chi connectivity index (χ4n) is 2.17. The SMILES string of the molecule is COc1ccc(Nc2c(N)c(C(C)C)nn2C)c(C)c1. The van der Waals surface area contributed by atoms with Crippen molar-refractivity contribution in [1.29, 1.82) is 0 Å². The van der Waals surface area contributed by atoms with Gasteiger partial charge in [0.2, 0.25) is 0 Å². The Morgan fingerprint density at radius 2 is 2.05 bits per heavy atom. The Bertz CT molecular complexity index is 617. The molecule has 2 rings (SSSR count). The average molecular weight is 274 g/mol. The molecule has 20 heavy (non-hydrogen) atoms. The van der Waals surface area contributed by atoms with Gasteiger partial charge in [0.1, 0.15) is 5.75 Å². The third-order valence-corrected chi connectivity index (χ3v) is 3.35. The van der Waals surface area contributed by atoms with Crippen molar-refractivity contribution in [2.75, 3.05) is 18.2 Å². The van der Waals surface area contributed by atoms with Gasteiger partial charge >= 0.3 is 0 Å². The van der Waals surface area contributed by atoms with Gasteiger partial charge in [0.15, 0.2) is 5.82 Å². The average Bonchev–Trinajstić information content (AvgIpc) is 2.68. The smallest absolute Gasteiger partial charge is 0.152 e. The van der Waals surface area contributed by atoms with Gasteiger partial charge < -0.3 is 15.8 Å². The summed E-state index contributed by atoms with van der Waals surface area (Å²) in [7, 11) is 3.55. The molecule has 0 aliphatic carbocycles. The van der Waals surface area contributed by atoms with Crippen molar-refractivity contribution in [3.05, 3.63) is 29.5 Å². The van der Waals surface area contributed by atoms with Crippen LogP contribution in [0.25, 0.3) is 0 Å². The molecule has 0 saturated heterocycles. The van der Waals surface area contributed by atoms with Crippen molar-refractivity contribution in [2.45, 2.75) is 26.7 Å². The molecule has 1 aromatic carbocycles. The molecular weight excluding hydrogens is 252 g/mol. The number of anilines is 3. The summed E-state index contributed by atoms with van der Waals surface area (Å²) in [6, 6.07) is 5.89. The van der Waals surface area contributed by atoms with Crippen molar-refractivity contribution < 1.29 is 4.74 Å². The normalized spacial score (nSPS) is 10.9. The van der Waals surface area contributed by atoms with Crippen LogP contribution in [0.3, 0.4) is 0 Å². The van der Waals surface area contributed by atoms with E-state index in [0.29, 0.717) is 11.6 Å². The van der Waals surface area contributed by atoms with Gasteiger partial charge in [-0.2, -0.15) is 5.10 Å². The standard InChI is InChI=1S/C15H22N4O/c1-9(2)14-13(16)15(19(4)18-14)17-12-7-6-11(20-5)8-10(12)3/h6-9,17H,16H2,1-5H3. The van der Waals surface area contributed by atoms with E-state index < -0.39 is 0 Å². The van der Waals surface area contributed by atoms with Crippen molar-refractivity contribution in [2.24, 2.45) is 7.05 Å². The molecule has 3 N–H and O–H groups in total. The first kappa shape index (κ1) is 14.2. The molecule has 1 aromatic heterocycles. The van der Waals surface area contributed by atoms with Gasteiger partial charge in [-0.25, -0.2) is 0 Å².